The number of hydrogen-bond donors (Lipinski definition) is 4. The number of hydrogen-bond acceptors (Lipinski definition) is 4. The molecule has 0 aliphatic rings. The molecule has 0 aromatic rings. The Morgan fingerprint density at radius 1 is 0.923 bits per heavy atom. The van der Waals surface area contributed by atoms with E-state index in [0.29, 0.717) is 0 Å². The molecule has 13 heavy (non-hydrogen) atoms. The zero-order valence-electron chi connectivity index (χ0n) is 9.17. The van der Waals surface area contributed by atoms with Crippen molar-refractivity contribution in [2.24, 2.45) is 0 Å². The summed E-state index contributed by atoms with van der Waals surface area (Å²) in [5.41, 5.74) is 0. The summed E-state index contributed by atoms with van der Waals surface area (Å²) in [4.78, 5) is 19.5. The van der Waals surface area contributed by atoms with Gasteiger partial charge in [-0.05, 0) is 0 Å². The summed E-state index contributed by atoms with van der Waals surface area (Å²) in [6, 6.07) is 0. The van der Waals surface area contributed by atoms with Crippen molar-refractivity contribution >= 4 is 11.9 Å². The first-order chi connectivity index (χ1) is 4.46. The predicted molar refractivity (Wildman–Crippen MR) is 32.0 cm³/mol. The van der Waals surface area contributed by atoms with E-state index in [9.17, 15) is 9.59 Å². The van der Waals surface area contributed by atoms with Crippen molar-refractivity contribution in [3.63, 3.8) is 0 Å². The third kappa shape index (κ3) is 9.10. The first-order valence-corrected chi connectivity index (χ1v) is 2.28. The van der Waals surface area contributed by atoms with Crippen LogP contribution in [0.1, 0.15) is 2.85 Å². The van der Waals surface area contributed by atoms with Gasteiger partial charge in [-0.2, -0.15) is 0 Å². The summed E-state index contributed by atoms with van der Waals surface area (Å²) in [6.45, 7) is 0. The zero-order valence-corrected chi connectivity index (χ0v) is 11.2. The van der Waals surface area contributed by atoms with Crippen molar-refractivity contribution in [3.8, 4) is 0 Å². The molecule has 2 atom stereocenters. The monoisotopic (exact) mass is 218 g/mol. The van der Waals surface area contributed by atoms with Gasteiger partial charge < -0.3 is 23.3 Å². The van der Waals surface area contributed by atoms with Crippen molar-refractivity contribution in [1.29, 1.82) is 0 Å². The van der Waals surface area contributed by atoms with Crippen molar-refractivity contribution < 1.29 is 96.7 Å². The molecule has 4 N–H and O–H groups in total. The van der Waals surface area contributed by atoms with Crippen molar-refractivity contribution in [3.05, 3.63) is 0 Å². The number of aliphatic hydroxyl groups excluding tert-OH is 2. The van der Waals surface area contributed by atoms with Gasteiger partial charge in [-0.1, -0.05) is 0 Å². The number of halogens is 1. The number of aliphatic carboxylic acids is 2. The minimum absolute atomic E-state index is 0. The smallest absolute Gasteiger partial charge is 1.00 e. The molecule has 0 fully saturated rings. The predicted octanol–water partition coefficient (Wildman–Crippen LogP) is -7.74. The van der Waals surface area contributed by atoms with Crippen LogP contribution < -0.4 is 59.1 Å². The third-order valence-corrected chi connectivity index (χ3v) is 0.805. The summed E-state index contributed by atoms with van der Waals surface area (Å²) in [6.07, 6.45) is -4.53. The van der Waals surface area contributed by atoms with Gasteiger partial charge >= 0.3 is 71.1 Å². The Hall–Kier alpha value is 0.790. The van der Waals surface area contributed by atoms with Crippen LogP contribution in [0.4, 0.5) is 4.70 Å². The molecule has 0 amide bonds. The van der Waals surface area contributed by atoms with Gasteiger partial charge in [0.15, 0.2) is 12.2 Å². The Bertz CT molecular complexity index is 155. The Kier molecular flexibility index (Phi) is 19.7. The largest absolute Gasteiger partial charge is 1.00 e. The fraction of sp³-hybridized carbons (Fsp3) is 0.500. The topological polar surface area (TPSA) is 115 Å². The summed E-state index contributed by atoms with van der Waals surface area (Å²) in [7, 11) is 0. The average Bonchev–Trinajstić information content (AvgIpc) is 1.84. The van der Waals surface area contributed by atoms with Crippen LogP contribution in [-0.4, -0.2) is 44.6 Å². The van der Waals surface area contributed by atoms with E-state index in [1.165, 1.54) is 0 Å². The van der Waals surface area contributed by atoms with Crippen LogP contribution in [0.15, 0.2) is 0 Å². The summed E-state index contributed by atoms with van der Waals surface area (Å²) >= 11 is 0. The van der Waals surface area contributed by atoms with E-state index < -0.39 is 24.1 Å². The van der Waals surface area contributed by atoms with Crippen molar-refractivity contribution in [2.45, 2.75) is 12.2 Å². The first-order valence-electron chi connectivity index (χ1n) is 2.28. The van der Waals surface area contributed by atoms with E-state index in [-0.39, 0.29) is 66.7 Å². The van der Waals surface area contributed by atoms with E-state index in [2.05, 4.69) is 0 Å². The number of carboxylic acid groups (broad SMARTS) is 2. The van der Waals surface area contributed by atoms with Crippen molar-refractivity contribution in [2.75, 3.05) is 0 Å². The van der Waals surface area contributed by atoms with Gasteiger partial charge in [0.25, 0.3) is 0 Å². The van der Waals surface area contributed by atoms with Crippen LogP contribution in [0.5, 0.6) is 0 Å². The first kappa shape index (κ1) is 23.5. The minimum Gasteiger partial charge on any atom is -1.00 e. The van der Waals surface area contributed by atoms with Gasteiger partial charge in [0.1, 0.15) is 0 Å². The normalized spacial score (nSPS) is 12.2. The van der Waals surface area contributed by atoms with Crippen LogP contribution in [0, 0.1) is 0 Å². The second-order valence-corrected chi connectivity index (χ2v) is 1.57. The van der Waals surface area contributed by atoms with Crippen LogP contribution in [0.25, 0.3) is 0 Å². The van der Waals surface area contributed by atoms with Gasteiger partial charge in [-0.15, -0.1) is 0 Å². The molecule has 0 saturated heterocycles. The van der Waals surface area contributed by atoms with Gasteiger partial charge in [-0.3, -0.25) is 4.70 Å². The molecule has 0 spiro atoms. The standard InChI is InChI=1S/C4H6O6.FH.2Na.2H/c5-1(3(7)8)2(6)4(9)10;;;;;/h1-2,5-6H,(H,7,8)(H,9,10);1H;;;;/q;;2*+1;2*-1. The van der Waals surface area contributed by atoms with E-state index >= 15 is 0 Å². The molecule has 6 nitrogen and oxygen atoms in total. The summed E-state index contributed by atoms with van der Waals surface area (Å²) < 4.78 is 0. The molecule has 2 unspecified atom stereocenters. The summed E-state index contributed by atoms with van der Waals surface area (Å²) in [5, 5.41) is 32.5. The number of carboxylic acids is 2. The number of carbonyl (C=O) groups is 2. The minimum atomic E-state index is -2.27. The Labute approximate surface area is 120 Å². The van der Waals surface area contributed by atoms with Crippen LogP contribution in [0.3, 0.4) is 0 Å². The molecule has 0 bridgehead atoms. The molecule has 0 rings (SSSR count). The van der Waals surface area contributed by atoms with E-state index in [1.807, 2.05) is 0 Å². The molecular formula is C4H9FNa2O6. The second kappa shape index (κ2) is 10.9. The maximum absolute atomic E-state index is 9.77. The second-order valence-electron chi connectivity index (χ2n) is 1.57. The number of rotatable bonds is 3. The Balaban J connectivity index is -0.0000000405. The maximum atomic E-state index is 9.77. The molecule has 0 heterocycles. The van der Waals surface area contributed by atoms with E-state index in [0.717, 1.165) is 0 Å². The van der Waals surface area contributed by atoms with Crippen LogP contribution in [0.2, 0.25) is 0 Å². The molecule has 0 aromatic carbocycles. The fourth-order valence-corrected chi connectivity index (χ4v) is 0.270. The van der Waals surface area contributed by atoms with Gasteiger partial charge in [-0.25, -0.2) is 9.59 Å². The fourth-order valence-electron chi connectivity index (χ4n) is 0.270. The molecule has 70 valence electrons. The van der Waals surface area contributed by atoms with Gasteiger partial charge in [0, 0.05) is 0 Å². The van der Waals surface area contributed by atoms with E-state index in [1.54, 1.807) is 0 Å². The molecular weight excluding hydrogens is 209 g/mol. The molecule has 0 aliphatic carbocycles. The zero-order chi connectivity index (χ0) is 8.31. The Morgan fingerprint density at radius 2 is 1.08 bits per heavy atom. The molecule has 0 saturated carbocycles. The summed E-state index contributed by atoms with van der Waals surface area (Å²) in [5.74, 6) is -3.54. The third-order valence-electron chi connectivity index (χ3n) is 0.805. The Morgan fingerprint density at radius 3 is 1.15 bits per heavy atom. The molecule has 9 heteroatoms. The van der Waals surface area contributed by atoms with E-state index in [4.69, 9.17) is 20.4 Å². The van der Waals surface area contributed by atoms with Crippen LogP contribution in [-0.2, 0) is 9.59 Å². The van der Waals surface area contributed by atoms with Gasteiger partial charge in [0.2, 0.25) is 0 Å². The molecule has 0 aromatic heterocycles. The maximum Gasteiger partial charge on any atom is 1.00 e. The molecule has 0 aliphatic heterocycles. The van der Waals surface area contributed by atoms with Crippen molar-refractivity contribution in [1.82, 2.24) is 0 Å². The van der Waals surface area contributed by atoms with Crippen LogP contribution >= 0.6 is 0 Å². The van der Waals surface area contributed by atoms with Gasteiger partial charge in [0.05, 0.1) is 0 Å². The number of aliphatic hydroxyl groups is 2. The molecule has 0 radical (unpaired) electrons. The quantitative estimate of drug-likeness (QED) is 0.350. The average molecular weight is 218 g/mol. The SMILES string of the molecule is F.O=C(O)C(O)C(O)C(=O)O.[H-].[H-].[Na+].[Na+].